The molecule has 1 aliphatic heterocycles. The number of amides is 1. The molecule has 0 spiro atoms. The van der Waals surface area contributed by atoms with Crippen molar-refractivity contribution in [1.29, 1.82) is 0 Å². The third kappa shape index (κ3) is 5.23. The van der Waals surface area contributed by atoms with Gasteiger partial charge in [0.2, 0.25) is 0 Å². The van der Waals surface area contributed by atoms with E-state index in [1.165, 1.54) is 5.56 Å². The van der Waals surface area contributed by atoms with Gasteiger partial charge < -0.3 is 15.0 Å². The molecule has 4 aromatic rings. The molecule has 178 valence electrons. The lowest BCUT2D eigenvalue weighted by molar-refractivity contribution is 0.0652. The van der Waals surface area contributed by atoms with Crippen LogP contribution >= 0.6 is 0 Å². The molecule has 1 aliphatic rings. The van der Waals surface area contributed by atoms with Gasteiger partial charge in [-0.05, 0) is 40.5 Å². The minimum absolute atomic E-state index is 0.0606. The third-order valence-corrected chi connectivity index (χ3v) is 6.85. The van der Waals surface area contributed by atoms with Gasteiger partial charge in [0.05, 0.1) is 0 Å². The molecule has 0 saturated heterocycles. The molecule has 0 aromatic heterocycles. The maximum absolute atomic E-state index is 14.0. The summed E-state index contributed by atoms with van der Waals surface area (Å²) in [7, 11) is 0. The molecule has 1 amide bonds. The van der Waals surface area contributed by atoms with Crippen molar-refractivity contribution in [1.82, 2.24) is 10.2 Å². The second-order valence-corrected chi connectivity index (χ2v) is 9.22. The zero-order valence-corrected chi connectivity index (χ0v) is 20.2. The summed E-state index contributed by atoms with van der Waals surface area (Å²) in [6.07, 6.45) is 1.91. The Balaban J connectivity index is 1.34. The van der Waals surface area contributed by atoms with Crippen molar-refractivity contribution in [2.45, 2.75) is 38.5 Å². The SMILES string of the molecule is CCC(CNCC1Cc2ccccc2O1)N(Cc1ccccc1)C(=O)c1cccc2ccccc12. The Labute approximate surface area is 207 Å². The highest BCUT2D eigenvalue weighted by Crippen LogP contribution is 2.28. The van der Waals surface area contributed by atoms with Gasteiger partial charge in [-0.1, -0.05) is 91.9 Å². The summed E-state index contributed by atoms with van der Waals surface area (Å²) in [5, 5.41) is 5.69. The second kappa shape index (κ2) is 10.7. The first-order valence-electron chi connectivity index (χ1n) is 12.5. The smallest absolute Gasteiger partial charge is 0.255 e. The molecule has 1 heterocycles. The highest BCUT2D eigenvalue weighted by atomic mass is 16.5. The van der Waals surface area contributed by atoms with Crippen molar-refractivity contribution >= 4 is 16.7 Å². The molecular weight excluding hydrogens is 432 g/mol. The first-order chi connectivity index (χ1) is 17.2. The van der Waals surface area contributed by atoms with E-state index in [0.717, 1.165) is 53.6 Å². The van der Waals surface area contributed by atoms with Crippen molar-refractivity contribution in [2.24, 2.45) is 0 Å². The van der Waals surface area contributed by atoms with E-state index >= 15 is 0 Å². The lowest BCUT2D eigenvalue weighted by atomic mass is 10.0. The molecule has 0 saturated carbocycles. The Morgan fingerprint density at radius 3 is 2.51 bits per heavy atom. The van der Waals surface area contributed by atoms with E-state index in [-0.39, 0.29) is 18.1 Å². The van der Waals surface area contributed by atoms with Crippen molar-refractivity contribution < 1.29 is 9.53 Å². The van der Waals surface area contributed by atoms with Crippen LogP contribution in [0.15, 0.2) is 97.1 Å². The number of para-hydroxylation sites is 1. The number of rotatable bonds is 9. The Bertz CT molecular complexity index is 1260. The molecule has 4 aromatic carbocycles. The lowest BCUT2D eigenvalue weighted by Gasteiger charge is -2.32. The van der Waals surface area contributed by atoms with Gasteiger partial charge in [-0.2, -0.15) is 0 Å². The molecule has 2 atom stereocenters. The molecule has 4 heteroatoms. The number of hydrogen-bond acceptors (Lipinski definition) is 3. The number of benzene rings is 4. The van der Waals surface area contributed by atoms with Crippen LogP contribution in [-0.2, 0) is 13.0 Å². The monoisotopic (exact) mass is 464 g/mol. The molecule has 0 bridgehead atoms. The number of fused-ring (bicyclic) bond motifs is 2. The number of nitrogens with one attached hydrogen (secondary N) is 1. The summed E-state index contributed by atoms with van der Waals surface area (Å²) in [4.78, 5) is 16.0. The summed E-state index contributed by atoms with van der Waals surface area (Å²) in [6.45, 7) is 4.21. The molecule has 0 aliphatic carbocycles. The second-order valence-electron chi connectivity index (χ2n) is 9.22. The van der Waals surface area contributed by atoms with Crippen LogP contribution < -0.4 is 10.1 Å². The van der Waals surface area contributed by atoms with Gasteiger partial charge in [0, 0.05) is 37.7 Å². The van der Waals surface area contributed by atoms with Crippen molar-refractivity contribution in [2.75, 3.05) is 13.1 Å². The standard InChI is InChI=1S/C31H32N2O2/c1-2-26(20-32-21-27-19-25-14-7-9-18-30(25)35-27)33(22-23-11-4-3-5-12-23)31(34)29-17-10-15-24-13-6-8-16-28(24)29/h3-18,26-27,32H,2,19-22H2,1H3. The molecule has 35 heavy (non-hydrogen) atoms. The Kier molecular flexibility index (Phi) is 7.10. The average Bonchev–Trinajstić information content (AvgIpc) is 3.33. The molecular formula is C31H32N2O2. The zero-order valence-electron chi connectivity index (χ0n) is 20.2. The van der Waals surface area contributed by atoms with E-state index in [1.807, 2.05) is 65.6 Å². The molecule has 0 fully saturated rings. The molecule has 2 unspecified atom stereocenters. The predicted octanol–water partition coefficient (Wildman–Crippen LogP) is 5.85. The van der Waals surface area contributed by atoms with Crippen molar-refractivity contribution in [3.63, 3.8) is 0 Å². The first kappa shape index (κ1) is 23.1. The first-order valence-corrected chi connectivity index (χ1v) is 12.5. The molecule has 0 radical (unpaired) electrons. The van der Waals surface area contributed by atoms with Crippen molar-refractivity contribution in [3.05, 3.63) is 114 Å². The van der Waals surface area contributed by atoms with Crippen LogP contribution in [0.1, 0.15) is 34.8 Å². The van der Waals surface area contributed by atoms with Crippen LogP contribution in [-0.4, -0.2) is 36.0 Å². The highest BCUT2D eigenvalue weighted by Gasteiger charge is 2.26. The van der Waals surface area contributed by atoms with Gasteiger partial charge in [-0.25, -0.2) is 0 Å². The summed E-state index contributed by atoms with van der Waals surface area (Å²) in [5.74, 6) is 1.06. The van der Waals surface area contributed by atoms with E-state index < -0.39 is 0 Å². The maximum Gasteiger partial charge on any atom is 0.255 e. The van der Waals surface area contributed by atoms with E-state index in [9.17, 15) is 4.79 Å². The third-order valence-electron chi connectivity index (χ3n) is 6.85. The van der Waals surface area contributed by atoms with Crippen LogP contribution in [0.4, 0.5) is 0 Å². The van der Waals surface area contributed by atoms with Gasteiger partial charge in [0.25, 0.3) is 5.91 Å². The minimum Gasteiger partial charge on any atom is -0.488 e. The van der Waals surface area contributed by atoms with E-state index in [4.69, 9.17) is 4.74 Å². The quantitative estimate of drug-likeness (QED) is 0.338. The van der Waals surface area contributed by atoms with Crippen LogP contribution in [0.5, 0.6) is 5.75 Å². The molecule has 4 nitrogen and oxygen atoms in total. The largest absolute Gasteiger partial charge is 0.488 e. The summed E-state index contributed by atoms with van der Waals surface area (Å²) in [5.41, 5.74) is 3.16. The molecule has 5 rings (SSSR count). The molecule has 1 N–H and O–H groups in total. The van der Waals surface area contributed by atoms with E-state index in [1.54, 1.807) is 0 Å². The van der Waals surface area contributed by atoms with Gasteiger partial charge >= 0.3 is 0 Å². The van der Waals surface area contributed by atoms with E-state index in [2.05, 4.69) is 48.6 Å². The van der Waals surface area contributed by atoms with Crippen LogP contribution in [0, 0.1) is 0 Å². The zero-order chi connectivity index (χ0) is 24.0. The average molecular weight is 465 g/mol. The van der Waals surface area contributed by atoms with Gasteiger partial charge in [-0.15, -0.1) is 0 Å². The summed E-state index contributed by atoms with van der Waals surface area (Å²) >= 11 is 0. The number of nitrogens with zero attached hydrogens (tertiary/aromatic N) is 1. The number of carbonyl (C=O) groups is 1. The lowest BCUT2D eigenvalue weighted by Crippen LogP contribution is -2.46. The minimum atomic E-state index is 0.0606. The van der Waals surface area contributed by atoms with E-state index in [0.29, 0.717) is 6.54 Å². The fourth-order valence-corrected chi connectivity index (χ4v) is 4.97. The van der Waals surface area contributed by atoms with Crippen LogP contribution in [0.3, 0.4) is 0 Å². The normalized spacial score (nSPS) is 15.4. The Morgan fingerprint density at radius 2 is 1.69 bits per heavy atom. The fraction of sp³-hybridized carbons (Fsp3) is 0.258. The van der Waals surface area contributed by atoms with Gasteiger partial charge in [0.1, 0.15) is 11.9 Å². The van der Waals surface area contributed by atoms with Gasteiger partial charge in [0.15, 0.2) is 0 Å². The van der Waals surface area contributed by atoms with Gasteiger partial charge in [-0.3, -0.25) is 4.79 Å². The predicted molar refractivity (Wildman–Crippen MR) is 142 cm³/mol. The Hall–Kier alpha value is -3.63. The summed E-state index contributed by atoms with van der Waals surface area (Å²) in [6, 6.07) is 32.7. The summed E-state index contributed by atoms with van der Waals surface area (Å²) < 4.78 is 6.10. The number of hydrogen-bond donors (Lipinski definition) is 1. The van der Waals surface area contributed by atoms with Crippen molar-refractivity contribution in [3.8, 4) is 5.75 Å². The van der Waals surface area contributed by atoms with Crippen LogP contribution in [0.2, 0.25) is 0 Å². The fourth-order valence-electron chi connectivity index (χ4n) is 4.97. The Morgan fingerprint density at radius 1 is 0.943 bits per heavy atom. The maximum atomic E-state index is 14.0. The topological polar surface area (TPSA) is 41.6 Å². The highest BCUT2D eigenvalue weighted by molar-refractivity contribution is 6.07. The number of carbonyl (C=O) groups excluding carboxylic acids is 1. The van der Waals surface area contributed by atoms with Crippen LogP contribution in [0.25, 0.3) is 10.8 Å². The number of ether oxygens (including phenoxy) is 1.